The summed E-state index contributed by atoms with van der Waals surface area (Å²) in [6, 6.07) is 0.395. The molecule has 0 aromatic heterocycles. The standard InChI is InChI=1S/C15H29NO4/c1-3-5-7-19-14-12-11(16-12)10(9-17)13(18)15(14)20-8-6-4-2/h10-18H,3-9H2,1-2H3/t10-,11+,12+,13+,14-,15-/m0/s1. The van der Waals surface area contributed by atoms with Gasteiger partial charge in [-0.3, -0.25) is 0 Å². The lowest BCUT2D eigenvalue weighted by atomic mass is 9.83. The molecule has 5 nitrogen and oxygen atoms in total. The predicted octanol–water partition coefficient (Wildman–Crippen LogP) is 0.680. The van der Waals surface area contributed by atoms with Crippen molar-refractivity contribution < 1.29 is 19.7 Å². The van der Waals surface area contributed by atoms with Gasteiger partial charge in [-0.15, -0.1) is 0 Å². The summed E-state index contributed by atoms with van der Waals surface area (Å²) in [5, 5.41) is 23.2. The van der Waals surface area contributed by atoms with Crippen LogP contribution in [0.5, 0.6) is 0 Å². The van der Waals surface area contributed by atoms with Gasteiger partial charge in [0.1, 0.15) is 12.2 Å². The molecule has 0 bridgehead atoms. The van der Waals surface area contributed by atoms with Crippen molar-refractivity contribution in [3.8, 4) is 0 Å². The molecule has 1 aliphatic heterocycles. The first-order chi connectivity index (χ1) is 9.74. The number of aliphatic hydroxyl groups is 2. The smallest absolute Gasteiger partial charge is 0.111 e. The van der Waals surface area contributed by atoms with E-state index >= 15 is 0 Å². The molecule has 0 aromatic rings. The monoisotopic (exact) mass is 287 g/mol. The third-order valence-corrected chi connectivity index (χ3v) is 4.40. The van der Waals surface area contributed by atoms with E-state index < -0.39 is 6.10 Å². The molecule has 2 rings (SSSR count). The Labute approximate surface area is 121 Å². The van der Waals surface area contributed by atoms with Gasteiger partial charge in [-0.2, -0.15) is 0 Å². The van der Waals surface area contributed by atoms with Gasteiger partial charge < -0.3 is 25.0 Å². The van der Waals surface area contributed by atoms with Crippen LogP contribution in [-0.4, -0.2) is 60.4 Å². The van der Waals surface area contributed by atoms with E-state index in [-0.39, 0.29) is 36.8 Å². The van der Waals surface area contributed by atoms with Crippen molar-refractivity contribution in [2.45, 2.75) is 69.9 Å². The van der Waals surface area contributed by atoms with Gasteiger partial charge in [0.15, 0.2) is 0 Å². The van der Waals surface area contributed by atoms with E-state index in [4.69, 9.17) is 9.47 Å². The lowest BCUT2D eigenvalue weighted by Gasteiger charge is -2.38. The maximum atomic E-state index is 10.4. The number of hydrogen-bond donors (Lipinski definition) is 3. The maximum absolute atomic E-state index is 10.4. The Morgan fingerprint density at radius 1 is 0.950 bits per heavy atom. The van der Waals surface area contributed by atoms with Crippen molar-refractivity contribution in [2.75, 3.05) is 19.8 Å². The Morgan fingerprint density at radius 3 is 2.10 bits per heavy atom. The van der Waals surface area contributed by atoms with Crippen LogP contribution in [0, 0.1) is 5.92 Å². The number of unbranched alkanes of at least 4 members (excludes halogenated alkanes) is 2. The van der Waals surface area contributed by atoms with Crippen LogP contribution in [0.1, 0.15) is 39.5 Å². The van der Waals surface area contributed by atoms with Crippen molar-refractivity contribution in [3.05, 3.63) is 0 Å². The minimum absolute atomic E-state index is 0.00927. The summed E-state index contributed by atoms with van der Waals surface area (Å²) in [7, 11) is 0. The summed E-state index contributed by atoms with van der Waals surface area (Å²) in [5.74, 6) is -0.141. The topological polar surface area (TPSA) is 80.9 Å². The van der Waals surface area contributed by atoms with Crippen LogP contribution in [0.15, 0.2) is 0 Å². The molecular formula is C15H29NO4. The summed E-state index contributed by atoms with van der Waals surface area (Å²) in [5.41, 5.74) is 0. The zero-order valence-electron chi connectivity index (χ0n) is 12.6. The van der Waals surface area contributed by atoms with Crippen molar-refractivity contribution in [1.82, 2.24) is 5.32 Å². The molecule has 0 radical (unpaired) electrons. The van der Waals surface area contributed by atoms with Crippen molar-refractivity contribution in [1.29, 1.82) is 0 Å². The molecule has 2 fully saturated rings. The molecule has 1 heterocycles. The lowest BCUT2D eigenvalue weighted by molar-refractivity contribution is -0.154. The highest BCUT2D eigenvalue weighted by molar-refractivity contribution is 5.16. The van der Waals surface area contributed by atoms with Crippen LogP contribution in [-0.2, 0) is 9.47 Å². The second kappa shape index (κ2) is 7.71. The van der Waals surface area contributed by atoms with E-state index in [1.807, 2.05) is 0 Å². The van der Waals surface area contributed by atoms with E-state index in [9.17, 15) is 10.2 Å². The highest BCUT2D eigenvalue weighted by Gasteiger charge is 2.59. The Bertz CT molecular complexity index is 289. The Hall–Kier alpha value is -0.200. The molecule has 6 atom stereocenters. The number of rotatable bonds is 9. The van der Waals surface area contributed by atoms with E-state index in [2.05, 4.69) is 19.2 Å². The van der Waals surface area contributed by atoms with Gasteiger partial charge in [-0.25, -0.2) is 0 Å². The first-order valence-electron chi connectivity index (χ1n) is 8.02. The fraction of sp³-hybridized carbons (Fsp3) is 1.00. The van der Waals surface area contributed by atoms with Gasteiger partial charge >= 0.3 is 0 Å². The lowest BCUT2D eigenvalue weighted by Crippen LogP contribution is -2.54. The predicted molar refractivity (Wildman–Crippen MR) is 76.6 cm³/mol. The Morgan fingerprint density at radius 2 is 1.55 bits per heavy atom. The summed E-state index contributed by atoms with van der Waals surface area (Å²) < 4.78 is 11.8. The molecule has 5 heteroatoms. The third kappa shape index (κ3) is 3.52. The molecule has 0 amide bonds. The summed E-state index contributed by atoms with van der Waals surface area (Å²) in [6.45, 7) is 5.58. The second-order valence-electron chi connectivity index (χ2n) is 5.93. The van der Waals surface area contributed by atoms with E-state index in [0.717, 1.165) is 25.7 Å². The third-order valence-electron chi connectivity index (χ3n) is 4.40. The second-order valence-corrected chi connectivity index (χ2v) is 5.93. The SMILES string of the molecule is CCCCO[C@H]1[C@H](O)[C@@H](CO)[C@H]2N[C@H]2[C@@H]1OCCCC. The van der Waals surface area contributed by atoms with Crippen molar-refractivity contribution in [3.63, 3.8) is 0 Å². The van der Waals surface area contributed by atoms with Crippen LogP contribution in [0.2, 0.25) is 0 Å². The summed E-state index contributed by atoms with van der Waals surface area (Å²) >= 11 is 0. The van der Waals surface area contributed by atoms with Gasteiger partial charge in [0, 0.05) is 25.2 Å². The molecule has 0 spiro atoms. The highest BCUT2D eigenvalue weighted by atomic mass is 16.5. The first kappa shape index (κ1) is 16.2. The van der Waals surface area contributed by atoms with Crippen molar-refractivity contribution >= 4 is 0 Å². The van der Waals surface area contributed by atoms with Gasteiger partial charge in [-0.05, 0) is 12.8 Å². The minimum atomic E-state index is -0.653. The Kier molecular flexibility index (Phi) is 6.23. The quantitative estimate of drug-likeness (QED) is 0.429. The Balaban J connectivity index is 1.95. The number of nitrogens with one attached hydrogen (secondary N) is 1. The van der Waals surface area contributed by atoms with E-state index in [1.165, 1.54) is 0 Å². The highest BCUT2D eigenvalue weighted by Crippen LogP contribution is 2.37. The molecule has 2 aliphatic rings. The molecule has 1 aliphatic carbocycles. The van der Waals surface area contributed by atoms with Crippen LogP contribution < -0.4 is 5.32 Å². The van der Waals surface area contributed by atoms with Crippen LogP contribution >= 0.6 is 0 Å². The van der Waals surface area contributed by atoms with Gasteiger partial charge in [0.25, 0.3) is 0 Å². The zero-order chi connectivity index (χ0) is 14.5. The number of fused-ring (bicyclic) bond motifs is 1. The van der Waals surface area contributed by atoms with E-state index in [0.29, 0.717) is 13.2 Å². The maximum Gasteiger partial charge on any atom is 0.111 e. The van der Waals surface area contributed by atoms with Crippen LogP contribution in [0.25, 0.3) is 0 Å². The molecule has 0 unspecified atom stereocenters. The van der Waals surface area contributed by atoms with Crippen LogP contribution in [0.3, 0.4) is 0 Å². The average molecular weight is 287 g/mol. The zero-order valence-corrected chi connectivity index (χ0v) is 12.6. The summed E-state index contributed by atoms with van der Waals surface area (Å²) in [6.07, 6.45) is 3.09. The molecular weight excluding hydrogens is 258 g/mol. The average Bonchev–Trinajstić information content (AvgIpc) is 3.22. The van der Waals surface area contributed by atoms with Crippen molar-refractivity contribution in [2.24, 2.45) is 5.92 Å². The molecule has 3 N–H and O–H groups in total. The number of hydrogen-bond acceptors (Lipinski definition) is 5. The normalized spacial score (nSPS) is 39.6. The largest absolute Gasteiger partial charge is 0.396 e. The molecule has 0 aromatic carbocycles. The van der Waals surface area contributed by atoms with Gasteiger partial charge in [0.05, 0.1) is 18.8 Å². The van der Waals surface area contributed by atoms with E-state index in [1.54, 1.807) is 0 Å². The molecule has 20 heavy (non-hydrogen) atoms. The number of aliphatic hydroxyl groups excluding tert-OH is 2. The molecule has 1 saturated heterocycles. The molecule has 1 saturated carbocycles. The number of ether oxygens (including phenoxy) is 2. The first-order valence-corrected chi connectivity index (χ1v) is 8.02. The minimum Gasteiger partial charge on any atom is -0.396 e. The van der Waals surface area contributed by atoms with Gasteiger partial charge in [0.2, 0.25) is 0 Å². The van der Waals surface area contributed by atoms with Gasteiger partial charge in [-0.1, -0.05) is 26.7 Å². The van der Waals surface area contributed by atoms with Crippen LogP contribution in [0.4, 0.5) is 0 Å². The summed E-state index contributed by atoms with van der Waals surface area (Å²) in [4.78, 5) is 0. The molecule has 118 valence electrons. The fourth-order valence-corrected chi connectivity index (χ4v) is 3.05. The fourth-order valence-electron chi connectivity index (χ4n) is 3.05.